The van der Waals surface area contributed by atoms with Crippen molar-refractivity contribution in [2.75, 3.05) is 0 Å². The van der Waals surface area contributed by atoms with Gasteiger partial charge in [0.1, 0.15) is 5.82 Å². The van der Waals surface area contributed by atoms with Crippen LogP contribution in [-0.2, 0) is 17.6 Å². The predicted molar refractivity (Wildman–Crippen MR) is 47.4 cm³/mol. The van der Waals surface area contributed by atoms with Crippen LogP contribution in [0.5, 0.6) is 0 Å². The molecule has 70 valence electrons. The van der Waals surface area contributed by atoms with Crippen molar-refractivity contribution in [2.45, 2.75) is 26.2 Å². The summed E-state index contributed by atoms with van der Waals surface area (Å²) >= 11 is 0. The summed E-state index contributed by atoms with van der Waals surface area (Å²) in [5, 5.41) is 8.48. The van der Waals surface area contributed by atoms with Crippen LogP contribution in [0.3, 0.4) is 0 Å². The lowest BCUT2D eigenvalue weighted by Gasteiger charge is -1.98. The van der Waals surface area contributed by atoms with E-state index in [-0.39, 0.29) is 6.42 Å². The molecule has 0 spiro atoms. The lowest BCUT2D eigenvalue weighted by Crippen LogP contribution is -2.02. The van der Waals surface area contributed by atoms with Gasteiger partial charge in [-0.15, -0.1) is 0 Å². The fourth-order valence-corrected chi connectivity index (χ4v) is 1.00. The molecule has 13 heavy (non-hydrogen) atoms. The van der Waals surface area contributed by atoms with E-state index >= 15 is 0 Å². The first-order chi connectivity index (χ1) is 6.22. The molecule has 0 amide bonds. The standard InChI is InChI=1S/C9H12N2O2/c1-2-3-8-10-5-7(6-11-8)4-9(12)13/h5-6H,2-4H2,1H3,(H,12,13). The summed E-state index contributed by atoms with van der Waals surface area (Å²) in [5.41, 5.74) is 0.646. The van der Waals surface area contributed by atoms with E-state index < -0.39 is 5.97 Å². The Morgan fingerprint density at radius 2 is 2.08 bits per heavy atom. The molecule has 0 saturated heterocycles. The maximum Gasteiger partial charge on any atom is 0.307 e. The predicted octanol–water partition coefficient (Wildman–Crippen LogP) is 1.06. The Labute approximate surface area is 76.7 Å². The Hall–Kier alpha value is -1.45. The van der Waals surface area contributed by atoms with Gasteiger partial charge >= 0.3 is 5.97 Å². The van der Waals surface area contributed by atoms with E-state index in [1.54, 1.807) is 12.4 Å². The number of aryl methyl sites for hydroxylation is 1. The minimum absolute atomic E-state index is 0.00753. The van der Waals surface area contributed by atoms with Crippen LogP contribution in [0.4, 0.5) is 0 Å². The second-order valence-electron chi connectivity index (χ2n) is 2.83. The van der Waals surface area contributed by atoms with Gasteiger partial charge in [0, 0.05) is 18.8 Å². The molecule has 1 heterocycles. The van der Waals surface area contributed by atoms with Gasteiger partial charge in [0.05, 0.1) is 6.42 Å². The first kappa shape index (κ1) is 9.64. The molecule has 0 saturated carbocycles. The van der Waals surface area contributed by atoms with Crippen LogP contribution in [0.2, 0.25) is 0 Å². The Kier molecular flexibility index (Phi) is 3.37. The van der Waals surface area contributed by atoms with Crippen molar-refractivity contribution in [1.82, 2.24) is 9.97 Å². The summed E-state index contributed by atoms with van der Waals surface area (Å²) < 4.78 is 0. The van der Waals surface area contributed by atoms with Gasteiger partial charge in [0.15, 0.2) is 0 Å². The van der Waals surface area contributed by atoms with E-state index in [1.165, 1.54) is 0 Å². The number of carbonyl (C=O) groups is 1. The monoisotopic (exact) mass is 180 g/mol. The van der Waals surface area contributed by atoms with Gasteiger partial charge in [0.25, 0.3) is 0 Å². The van der Waals surface area contributed by atoms with Crippen molar-refractivity contribution in [3.63, 3.8) is 0 Å². The summed E-state index contributed by atoms with van der Waals surface area (Å²) in [6.45, 7) is 2.05. The van der Waals surface area contributed by atoms with Crippen molar-refractivity contribution in [3.8, 4) is 0 Å². The molecule has 0 aromatic carbocycles. The average Bonchev–Trinajstić information content (AvgIpc) is 2.08. The zero-order chi connectivity index (χ0) is 9.68. The van der Waals surface area contributed by atoms with Crippen LogP contribution in [0, 0.1) is 0 Å². The Bertz CT molecular complexity index is 282. The first-order valence-corrected chi connectivity index (χ1v) is 4.24. The van der Waals surface area contributed by atoms with Crippen LogP contribution < -0.4 is 0 Å². The van der Waals surface area contributed by atoms with Crippen molar-refractivity contribution >= 4 is 5.97 Å². The second kappa shape index (κ2) is 4.54. The number of hydrogen-bond acceptors (Lipinski definition) is 3. The van der Waals surface area contributed by atoms with Crippen LogP contribution in [0.25, 0.3) is 0 Å². The van der Waals surface area contributed by atoms with E-state index in [1.807, 2.05) is 0 Å². The molecule has 0 aliphatic rings. The van der Waals surface area contributed by atoms with Crippen LogP contribution in [0.15, 0.2) is 12.4 Å². The summed E-state index contributed by atoms with van der Waals surface area (Å²) in [7, 11) is 0. The summed E-state index contributed by atoms with van der Waals surface area (Å²) in [6, 6.07) is 0. The van der Waals surface area contributed by atoms with Crippen LogP contribution >= 0.6 is 0 Å². The highest BCUT2D eigenvalue weighted by molar-refractivity contribution is 5.69. The molecule has 0 aliphatic carbocycles. The number of carboxylic acids is 1. The number of hydrogen-bond donors (Lipinski definition) is 1. The maximum atomic E-state index is 10.3. The van der Waals surface area contributed by atoms with Gasteiger partial charge in [0.2, 0.25) is 0 Å². The summed E-state index contributed by atoms with van der Waals surface area (Å²) in [4.78, 5) is 18.4. The molecule has 1 aromatic heterocycles. The third-order valence-corrected chi connectivity index (χ3v) is 1.59. The third-order valence-electron chi connectivity index (χ3n) is 1.59. The third kappa shape index (κ3) is 3.19. The minimum atomic E-state index is -0.855. The molecular weight excluding hydrogens is 168 g/mol. The maximum absolute atomic E-state index is 10.3. The summed E-state index contributed by atoms with van der Waals surface area (Å²) in [5.74, 6) is -0.0801. The Balaban J connectivity index is 2.64. The number of nitrogens with zero attached hydrogens (tertiary/aromatic N) is 2. The highest BCUT2D eigenvalue weighted by Crippen LogP contribution is 1.99. The van der Waals surface area contributed by atoms with Gasteiger partial charge in [-0.3, -0.25) is 4.79 Å². The van der Waals surface area contributed by atoms with Gasteiger partial charge in [-0.25, -0.2) is 9.97 Å². The summed E-state index contributed by atoms with van der Waals surface area (Å²) in [6.07, 6.45) is 4.98. The van der Waals surface area contributed by atoms with E-state index in [0.717, 1.165) is 18.7 Å². The number of aromatic nitrogens is 2. The Morgan fingerprint density at radius 3 is 2.54 bits per heavy atom. The van der Waals surface area contributed by atoms with Gasteiger partial charge in [-0.2, -0.15) is 0 Å². The molecule has 0 atom stereocenters. The molecule has 0 fully saturated rings. The highest BCUT2D eigenvalue weighted by atomic mass is 16.4. The minimum Gasteiger partial charge on any atom is -0.481 e. The fraction of sp³-hybridized carbons (Fsp3) is 0.444. The van der Waals surface area contributed by atoms with E-state index in [0.29, 0.717) is 5.56 Å². The molecule has 0 radical (unpaired) electrons. The zero-order valence-electron chi connectivity index (χ0n) is 7.53. The smallest absolute Gasteiger partial charge is 0.307 e. The molecule has 1 N–H and O–H groups in total. The van der Waals surface area contributed by atoms with Crippen LogP contribution in [0.1, 0.15) is 24.7 Å². The molecule has 0 aliphatic heterocycles. The molecule has 4 heteroatoms. The van der Waals surface area contributed by atoms with Gasteiger partial charge in [-0.1, -0.05) is 6.92 Å². The zero-order valence-corrected chi connectivity index (χ0v) is 7.53. The number of carboxylic acid groups (broad SMARTS) is 1. The normalized spacial score (nSPS) is 9.92. The lowest BCUT2D eigenvalue weighted by atomic mass is 10.2. The van der Waals surface area contributed by atoms with Crippen molar-refractivity contribution in [3.05, 3.63) is 23.8 Å². The van der Waals surface area contributed by atoms with Crippen LogP contribution in [-0.4, -0.2) is 21.0 Å². The van der Waals surface area contributed by atoms with E-state index in [4.69, 9.17) is 5.11 Å². The molecule has 0 unspecified atom stereocenters. The molecule has 1 aromatic rings. The second-order valence-corrected chi connectivity index (χ2v) is 2.83. The van der Waals surface area contributed by atoms with Crippen molar-refractivity contribution in [2.24, 2.45) is 0 Å². The highest BCUT2D eigenvalue weighted by Gasteiger charge is 2.01. The largest absolute Gasteiger partial charge is 0.481 e. The molecule has 1 rings (SSSR count). The van der Waals surface area contributed by atoms with Gasteiger partial charge < -0.3 is 5.11 Å². The topological polar surface area (TPSA) is 63.1 Å². The first-order valence-electron chi connectivity index (χ1n) is 4.24. The van der Waals surface area contributed by atoms with Crippen molar-refractivity contribution < 1.29 is 9.90 Å². The van der Waals surface area contributed by atoms with E-state index in [2.05, 4.69) is 16.9 Å². The lowest BCUT2D eigenvalue weighted by molar-refractivity contribution is -0.136. The number of rotatable bonds is 4. The van der Waals surface area contributed by atoms with Crippen molar-refractivity contribution in [1.29, 1.82) is 0 Å². The Morgan fingerprint density at radius 1 is 1.46 bits per heavy atom. The van der Waals surface area contributed by atoms with E-state index in [9.17, 15) is 4.79 Å². The molecule has 4 nitrogen and oxygen atoms in total. The average molecular weight is 180 g/mol. The van der Waals surface area contributed by atoms with Gasteiger partial charge in [-0.05, 0) is 12.0 Å². The fourth-order valence-electron chi connectivity index (χ4n) is 1.00. The number of aliphatic carboxylic acids is 1. The SMILES string of the molecule is CCCc1ncc(CC(=O)O)cn1. The molecular formula is C9H12N2O2. The quantitative estimate of drug-likeness (QED) is 0.752. The molecule has 0 bridgehead atoms.